The van der Waals surface area contributed by atoms with Crippen molar-refractivity contribution in [2.45, 2.75) is 6.04 Å². The standard InChI is InChI=1S/C16H10Cl2FN5/c17-11-2-1-3-12(18)15(11)14-8-13(9-4-6-10(19)7-5-9)20-16-21-22-23-24(14)16/h1-8,14H,(H,20,21,23)/t14-/m1/s1. The number of nitrogens with zero attached hydrogens (tertiary/aromatic N) is 4. The van der Waals surface area contributed by atoms with Crippen LogP contribution in [0.1, 0.15) is 17.2 Å². The second kappa shape index (κ2) is 5.89. The first-order valence-corrected chi connectivity index (χ1v) is 7.85. The molecule has 1 aliphatic heterocycles. The lowest BCUT2D eigenvalue weighted by Gasteiger charge is -2.24. The molecule has 120 valence electrons. The fourth-order valence-corrected chi connectivity index (χ4v) is 3.27. The smallest absolute Gasteiger partial charge is 0.248 e. The number of hydrogen-bond acceptors (Lipinski definition) is 4. The molecule has 0 unspecified atom stereocenters. The van der Waals surface area contributed by atoms with E-state index < -0.39 is 0 Å². The van der Waals surface area contributed by atoms with Crippen LogP contribution in [0.4, 0.5) is 10.3 Å². The third-order valence-corrected chi connectivity index (χ3v) is 4.44. The van der Waals surface area contributed by atoms with Crippen LogP contribution in [0.25, 0.3) is 5.70 Å². The Morgan fingerprint density at radius 1 is 1.04 bits per heavy atom. The van der Waals surface area contributed by atoms with Crippen LogP contribution in [-0.4, -0.2) is 20.2 Å². The number of aromatic nitrogens is 4. The normalized spacial score (nSPS) is 16.3. The van der Waals surface area contributed by atoms with E-state index in [0.29, 0.717) is 21.6 Å². The highest BCUT2D eigenvalue weighted by atomic mass is 35.5. The number of nitrogens with one attached hydrogen (secondary N) is 1. The molecule has 2 aromatic carbocycles. The number of benzene rings is 2. The molecule has 0 amide bonds. The van der Waals surface area contributed by atoms with Crippen molar-refractivity contribution < 1.29 is 4.39 Å². The lowest BCUT2D eigenvalue weighted by Crippen LogP contribution is -2.20. The number of tetrazole rings is 1. The van der Waals surface area contributed by atoms with Crippen LogP contribution in [-0.2, 0) is 0 Å². The Balaban J connectivity index is 1.87. The number of rotatable bonds is 2. The summed E-state index contributed by atoms with van der Waals surface area (Å²) in [6.07, 6.45) is 1.91. The Bertz CT molecular complexity index is 916. The number of fused-ring (bicyclic) bond motifs is 1. The van der Waals surface area contributed by atoms with Gasteiger partial charge in [-0.05, 0) is 58.5 Å². The topological polar surface area (TPSA) is 55.6 Å². The number of hydrogen-bond donors (Lipinski definition) is 1. The van der Waals surface area contributed by atoms with Gasteiger partial charge in [0.05, 0.1) is 0 Å². The average Bonchev–Trinajstić information content (AvgIpc) is 3.04. The Labute approximate surface area is 146 Å². The third-order valence-electron chi connectivity index (χ3n) is 3.78. The molecule has 2 heterocycles. The third kappa shape index (κ3) is 2.53. The predicted molar refractivity (Wildman–Crippen MR) is 90.4 cm³/mol. The van der Waals surface area contributed by atoms with E-state index in [1.54, 1.807) is 35.0 Å². The first-order chi connectivity index (χ1) is 11.6. The minimum atomic E-state index is -0.377. The highest BCUT2D eigenvalue weighted by molar-refractivity contribution is 6.36. The molecular weight excluding hydrogens is 352 g/mol. The highest BCUT2D eigenvalue weighted by Gasteiger charge is 2.27. The minimum absolute atomic E-state index is 0.300. The summed E-state index contributed by atoms with van der Waals surface area (Å²) in [5.41, 5.74) is 2.26. The van der Waals surface area contributed by atoms with E-state index in [9.17, 15) is 4.39 Å². The Kier molecular flexibility index (Phi) is 3.70. The molecule has 0 aliphatic carbocycles. The summed E-state index contributed by atoms with van der Waals surface area (Å²) < 4.78 is 14.8. The van der Waals surface area contributed by atoms with Gasteiger partial charge >= 0.3 is 0 Å². The molecule has 0 spiro atoms. The number of halogens is 3. The second-order valence-corrected chi connectivity index (χ2v) is 6.05. The molecule has 5 nitrogen and oxygen atoms in total. The average molecular weight is 362 g/mol. The van der Waals surface area contributed by atoms with Crippen LogP contribution < -0.4 is 5.32 Å². The van der Waals surface area contributed by atoms with Gasteiger partial charge in [0.25, 0.3) is 0 Å². The molecule has 3 aromatic rings. The summed E-state index contributed by atoms with van der Waals surface area (Å²) >= 11 is 12.7. The number of allylic oxidation sites excluding steroid dienone is 1. The number of anilines is 1. The zero-order valence-corrected chi connectivity index (χ0v) is 13.6. The Morgan fingerprint density at radius 3 is 2.46 bits per heavy atom. The van der Waals surface area contributed by atoms with Gasteiger partial charge in [-0.1, -0.05) is 34.4 Å². The maximum atomic E-state index is 13.2. The van der Waals surface area contributed by atoms with Crippen molar-refractivity contribution in [1.29, 1.82) is 0 Å². The summed E-state index contributed by atoms with van der Waals surface area (Å²) in [6, 6.07) is 11.1. The quantitative estimate of drug-likeness (QED) is 0.743. The molecule has 0 saturated heterocycles. The molecular formula is C16H10Cl2FN5. The van der Waals surface area contributed by atoms with Gasteiger partial charge in [-0.25, -0.2) is 4.39 Å². The lowest BCUT2D eigenvalue weighted by molar-refractivity contribution is 0.586. The maximum absolute atomic E-state index is 13.2. The van der Waals surface area contributed by atoms with Crippen molar-refractivity contribution in [2.24, 2.45) is 0 Å². The molecule has 1 aromatic heterocycles. The van der Waals surface area contributed by atoms with E-state index in [0.717, 1.165) is 11.3 Å². The van der Waals surface area contributed by atoms with Gasteiger partial charge in [0, 0.05) is 21.3 Å². The molecule has 24 heavy (non-hydrogen) atoms. The maximum Gasteiger partial charge on any atom is 0.248 e. The van der Waals surface area contributed by atoms with Crippen LogP contribution in [0.5, 0.6) is 0 Å². The minimum Gasteiger partial charge on any atom is -0.323 e. The van der Waals surface area contributed by atoms with E-state index >= 15 is 0 Å². The van der Waals surface area contributed by atoms with Crippen LogP contribution in [0, 0.1) is 5.82 Å². The van der Waals surface area contributed by atoms with Gasteiger partial charge in [-0.3, -0.25) is 0 Å². The second-order valence-electron chi connectivity index (χ2n) is 5.24. The molecule has 0 saturated carbocycles. The van der Waals surface area contributed by atoms with E-state index in [1.807, 2.05) is 6.08 Å². The van der Waals surface area contributed by atoms with Crippen LogP contribution in [0.2, 0.25) is 10.0 Å². The zero-order valence-electron chi connectivity index (χ0n) is 12.1. The van der Waals surface area contributed by atoms with Crippen molar-refractivity contribution in [3.05, 3.63) is 75.5 Å². The monoisotopic (exact) mass is 361 g/mol. The van der Waals surface area contributed by atoms with Crippen LogP contribution >= 0.6 is 23.2 Å². The SMILES string of the molecule is Fc1ccc(C2=C[C@H](c3c(Cl)cccc3Cl)n3nnnc3N2)cc1. The van der Waals surface area contributed by atoms with E-state index in [-0.39, 0.29) is 11.9 Å². The largest absolute Gasteiger partial charge is 0.323 e. The van der Waals surface area contributed by atoms with E-state index in [4.69, 9.17) is 23.2 Å². The summed E-state index contributed by atoms with van der Waals surface area (Å²) in [5.74, 6) is 0.156. The first kappa shape index (κ1) is 15.1. The van der Waals surface area contributed by atoms with Crippen molar-refractivity contribution in [3.63, 3.8) is 0 Å². The van der Waals surface area contributed by atoms with Gasteiger partial charge in [0.2, 0.25) is 5.95 Å². The fourth-order valence-electron chi connectivity index (χ4n) is 2.65. The first-order valence-electron chi connectivity index (χ1n) is 7.10. The van der Waals surface area contributed by atoms with Crippen molar-refractivity contribution in [3.8, 4) is 0 Å². The molecule has 8 heteroatoms. The predicted octanol–water partition coefficient (Wildman–Crippen LogP) is 4.18. The van der Waals surface area contributed by atoms with Gasteiger partial charge in [0.15, 0.2) is 0 Å². The van der Waals surface area contributed by atoms with Gasteiger partial charge in [-0.15, -0.1) is 0 Å². The van der Waals surface area contributed by atoms with Gasteiger partial charge in [-0.2, -0.15) is 4.68 Å². The van der Waals surface area contributed by atoms with Crippen LogP contribution in [0.3, 0.4) is 0 Å². The fraction of sp³-hybridized carbons (Fsp3) is 0.0625. The molecule has 1 aliphatic rings. The molecule has 0 fully saturated rings. The molecule has 0 bridgehead atoms. The summed E-state index contributed by atoms with van der Waals surface area (Å²) in [4.78, 5) is 0. The summed E-state index contributed by atoms with van der Waals surface area (Å²) in [6.45, 7) is 0. The molecule has 1 atom stereocenters. The zero-order chi connectivity index (χ0) is 16.7. The summed E-state index contributed by atoms with van der Waals surface area (Å²) in [5, 5.41) is 15.9. The highest BCUT2D eigenvalue weighted by Crippen LogP contribution is 2.38. The molecule has 1 N–H and O–H groups in total. The molecule has 0 radical (unpaired) electrons. The summed E-state index contributed by atoms with van der Waals surface area (Å²) in [7, 11) is 0. The Morgan fingerprint density at radius 2 is 1.75 bits per heavy atom. The molecule has 4 rings (SSSR count). The Hall–Kier alpha value is -2.44. The van der Waals surface area contributed by atoms with Gasteiger partial charge < -0.3 is 5.32 Å². The van der Waals surface area contributed by atoms with Crippen LogP contribution in [0.15, 0.2) is 48.5 Å². The van der Waals surface area contributed by atoms with Crippen molar-refractivity contribution in [2.75, 3.05) is 5.32 Å². The van der Waals surface area contributed by atoms with Crippen molar-refractivity contribution in [1.82, 2.24) is 20.2 Å². The lowest BCUT2D eigenvalue weighted by atomic mass is 10.0. The van der Waals surface area contributed by atoms with Gasteiger partial charge in [0.1, 0.15) is 11.9 Å². The van der Waals surface area contributed by atoms with Crippen molar-refractivity contribution >= 4 is 34.8 Å². The van der Waals surface area contributed by atoms with E-state index in [1.165, 1.54) is 12.1 Å². The van der Waals surface area contributed by atoms with E-state index in [2.05, 4.69) is 20.8 Å².